The van der Waals surface area contributed by atoms with Crippen molar-refractivity contribution < 1.29 is 31.6 Å². The van der Waals surface area contributed by atoms with Gasteiger partial charge >= 0.3 is 6.18 Å². The molecule has 0 aliphatic heterocycles. The van der Waals surface area contributed by atoms with Gasteiger partial charge in [-0.3, -0.25) is 10.0 Å². The molecule has 10 heteroatoms. The second-order valence-electron chi connectivity index (χ2n) is 6.73. The highest BCUT2D eigenvalue weighted by atomic mass is 32.2. The molecule has 0 aliphatic carbocycles. The first-order valence-electron chi connectivity index (χ1n) is 8.65. The molecular weight excluding hydrogens is 409 g/mol. The van der Waals surface area contributed by atoms with E-state index in [1.54, 1.807) is 44.2 Å². The maximum Gasteiger partial charge on any atom is 0.416 e. The largest absolute Gasteiger partial charge is 0.416 e. The maximum absolute atomic E-state index is 13.3. The number of alkyl halides is 3. The minimum atomic E-state index is -4.73. The van der Waals surface area contributed by atoms with Crippen molar-refractivity contribution in [3.8, 4) is 0 Å². The number of amides is 1. The third-order valence-corrected chi connectivity index (χ3v) is 6.09. The molecule has 2 N–H and O–H groups in total. The quantitative estimate of drug-likeness (QED) is 0.521. The Hall–Kier alpha value is -2.43. The Morgan fingerprint density at radius 1 is 1.10 bits per heavy atom. The molecule has 0 radical (unpaired) electrons. The summed E-state index contributed by atoms with van der Waals surface area (Å²) in [5.41, 5.74) is 0.855. The minimum Gasteiger partial charge on any atom is -0.289 e. The summed E-state index contributed by atoms with van der Waals surface area (Å²) in [6.07, 6.45) is -4.73. The molecule has 2 aromatic carbocycles. The Morgan fingerprint density at radius 3 is 2.24 bits per heavy atom. The average Bonchev–Trinajstić information content (AvgIpc) is 2.67. The fourth-order valence-corrected chi connectivity index (χ4v) is 4.65. The number of sulfonamides is 1. The van der Waals surface area contributed by atoms with Gasteiger partial charge in [-0.05, 0) is 29.7 Å². The number of rotatable bonds is 7. The number of benzene rings is 2. The normalized spacial score (nSPS) is 13.5. The van der Waals surface area contributed by atoms with Crippen molar-refractivity contribution in [2.75, 3.05) is 0 Å². The molecule has 0 spiro atoms. The number of hydrogen-bond donors (Lipinski definition) is 2. The van der Waals surface area contributed by atoms with E-state index in [1.165, 1.54) is 5.48 Å². The molecule has 0 saturated heterocycles. The van der Waals surface area contributed by atoms with Crippen LogP contribution in [0.25, 0.3) is 0 Å². The SMILES string of the molecule is CC(C)[C@@H](C(=O)NO)N(Cc1ccccc1)S(=O)(=O)c1cccc(C(F)(F)F)c1. The van der Waals surface area contributed by atoms with Gasteiger partial charge in [0.05, 0.1) is 10.5 Å². The number of hydrogen-bond acceptors (Lipinski definition) is 4. The molecule has 0 aromatic heterocycles. The topological polar surface area (TPSA) is 86.7 Å². The van der Waals surface area contributed by atoms with Crippen molar-refractivity contribution in [1.82, 2.24) is 9.79 Å². The van der Waals surface area contributed by atoms with Gasteiger partial charge in [-0.2, -0.15) is 17.5 Å². The van der Waals surface area contributed by atoms with Gasteiger partial charge in [0.1, 0.15) is 6.04 Å². The first-order chi connectivity index (χ1) is 13.5. The van der Waals surface area contributed by atoms with E-state index >= 15 is 0 Å². The van der Waals surface area contributed by atoms with Gasteiger partial charge in [0.15, 0.2) is 0 Å². The Balaban J connectivity index is 2.61. The molecule has 0 aliphatic rings. The molecule has 2 rings (SSSR count). The van der Waals surface area contributed by atoms with Gasteiger partial charge in [-0.15, -0.1) is 0 Å². The van der Waals surface area contributed by atoms with Gasteiger partial charge in [0, 0.05) is 6.54 Å². The lowest BCUT2D eigenvalue weighted by molar-refractivity contribution is -0.138. The fourth-order valence-electron chi connectivity index (χ4n) is 2.90. The van der Waals surface area contributed by atoms with Crippen LogP contribution < -0.4 is 5.48 Å². The van der Waals surface area contributed by atoms with Crippen LogP contribution in [0, 0.1) is 5.92 Å². The van der Waals surface area contributed by atoms with E-state index < -0.39 is 44.5 Å². The van der Waals surface area contributed by atoms with Crippen LogP contribution in [0.5, 0.6) is 0 Å². The van der Waals surface area contributed by atoms with Crippen LogP contribution in [0.1, 0.15) is 25.0 Å². The molecule has 0 fully saturated rings. The van der Waals surface area contributed by atoms with Crippen LogP contribution in [0.4, 0.5) is 13.2 Å². The maximum atomic E-state index is 13.3. The molecule has 29 heavy (non-hydrogen) atoms. The number of hydroxylamine groups is 1. The van der Waals surface area contributed by atoms with Crippen LogP contribution in [0.3, 0.4) is 0 Å². The van der Waals surface area contributed by atoms with Crippen molar-refractivity contribution in [3.63, 3.8) is 0 Å². The van der Waals surface area contributed by atoms with Crippen LogP contribution in [-0.2, 0) is 27.5 Å². The summed E-state index contributed by atoms with van der Waals surface area (Å²) in [4.78, 5) is 11.6. The third kappa shape index (κ3) is 5.34. The second kappa shape index (κ2) is 8.93. The molecular formula is C19H21F3N2O4S. The van der Waals surface area contributed by atoms with E-state index in [2.05, 4.69) is 0 Å². The highest BCUT2D eigenvalue weighted by Gasteiger charge is 2.39. The summed E-state index contributed by atoms with van der Waals surface area (Å²) in [6.45, 7) is 2.87. The van der Waals surface area contributed by atoms with Crippen molar-refractivity contribution in [2.24, 2.45) is 5.92 Å². The van der Waals surface area contributed by atoms with E-state index in [0.29, 0.717) is 11.6 Å². The number of nitrogens with one attached hydrogen (secondary N) is 1. The lowest BCUT2D eigenvalue weighted by Crippen LogP contribution is -2.51. The van der Waals surface area contributed by atoms with Gasteiger partial charge in [-0.25, -0.2) is 13.9 Å². The minimum absolute atomic E-state index is 0.268. The molecule has 6 nitrogen and oxygen atoms in total. The van der Waals surface area contributed by atoms with E-state index in [0.717, 1.165) is 22.5 Å². The summed E-state index contributed by atoms with van der Waals surface area (Å²) in [7, 11) is -4.52. The van der Waals surface area contributed by atoms with E-state index in [4.69, 9.17) is 5.21 Å². The van der Waals surface area contributed by atoms with Crippen molar-refractivity contribution in [3.05, 3.63) is 65.7 Å². The predicted octanol–water partition coefficient (Wildman–Crippen LogP) is 3.43. The molecule has 1 atom stereocenters. The van der Waals surface area contributed by atoms with Gasteiger partial charge in [0.2, 0.25) is 10.0 Å². The Morgan fingerprint density at radius 2 is 1.72 bits per heavy atom. The van der Waals surface area contributed by atoms with E-state index in [-0.39, 0.29) is 6.54 Å². The first kappa shape index (κ1) is 22.9. The van der Waals surface area contributed by atoms with Crippen molar-refractivity contribution in [2.45, 2.75) is 37.5 Å². The van der Waals surface area contributed by atoms with Crippen LogP contribution >= 0.6 is 0 Å². The lowest BCUT2D eigenvalue weighted by atomic mass is 10.0. The Bertz CT molecular complexity index is 947. The van der Waals surface area contributed by atoms with Gasteiger partial charge in [0.25, 0.3) is 5.91 Å². The van der Waals surface area contributed by atoms with E-state index in [1.807, 2.05) is 0 Å². The fraction of sp³-hybridized carbons (Fsp3) is 0.316. The summed E-state index contributed by atoms with van der Waals surface area (Å²) in [5.74, 6) is -1.56. The Labute approximate surface area is 167 Å². The molecule has 0 heterocycles. The number of carbonyl (C=O) groups excluding carboxylic acids is 1. The Kier molecular flexibility index (Phi) is 7.04. The van der Waals surface area contributed by atoms with Crippen LogP contribution in [0.2, 0.25) is 0 Å². The molecule has 0 unspecified atom stereocenters. The number of carbonyl (C=O) groups is 1. The average molecular weight is 430 g/mol. The summed E-state index contributed by atoms with van der Waals surface area (Å²) < 4.78 is 66.6. The monoisotopic (exact) mass is 430 g/mol. The highest BCUT2D eigenvalue weighted by Crippen LogP contribution is 2.32. The standard InChI is InChI=1S/C19H21F3N2O4S/c1-13(2)17(18(25)23-26)24(12-14-7-4-3-5-8-14)29(27,28)16-10-6-9-15(11-16)19(20,21)22/h3-11,13,17,26H,12H2,1-2H3,(H,23,25)/t17-/m0/s1. The summed E-state index contributed by atoms with van der Waals surface area (Å²) in [5, 5.41) is 9.09. The van der Waals surface area contributed by atoms with Crippen LogP contribution in [0.15, 0.2) is 59.5 Å². The zero-order valence-corrected chi connectivity index (χ0v) is 16.5. The summed E-state index contributed by atoms with van der Waals surface area (Å²) in [6, 6.07) is 10.3. The summed E-state index contributed by atoms with van der Waals surface area (Å²) >= 11 is 0. The predicted molar refractivity (Wildman–Crippen MR) is 99.2 cm³/mol. The zero-order chi connectivity index (χ0) is 21.8. The smallest absolute Gasteiger partial charge is 0.289 e. The molecule has 0 bridgehead atoms. The van der Waals surface area contributed by atoms with Crippen LogP contribution in [-0.4, -0.2) is 29.9 Å². The highest BCUT2D eigenvalue weighted by molar-refractivity contribution is 7.89. The molecule has 1 amide bonds. The first-order valence-corrected chi connectivity index (χ1v) is 10.1. The third-order valence-electron chi connectivity index (χ3n) is 4.27. The van der Waals surface area contributed by atoms with Gasteiger partial charge < -0.3 is 0 Å². The van der Waals surface area contributed by atoms with Gasteiger partial charge in [-0.1, -0.05) is 50.2 Å². The lowest BCUT2D eigenvalue weighted by Gasteiger charge is -2.32. The molecule has 158 valence electrons. The number of nitrogens with zero attached hydrogens (tertiary/aromatic N) is 1. The second-order valence-corrected chi connectivity index (χ2v) is 8.62. The molecule has 0 saturated carbocycles. The van der Waals surface area contributed by atoms with E-state index in [9.17, 15) is 26.4 Å². The zero-order valence-electron chi connectivity index (χ0n) is 15.7. The number of halogens is 3. The van der Waals surface area contributed by atoms with Crippen molar-refractivity contribution in [1.29, 1.82) is 0 Å². The van der Waals surface area contributed by atoms with Crippen molar-refractivity contribution >= 4 is 15.9 Å². The molecule has 2 aromatic rings.